The molecule has 0 amide bonds. The molecule has 1 atom stereocenters. The van der Waals surface area contributed by atoms with Crippen molar-refractivity contribution in [3.8, 4) is 0 Å². The minimum atomic E-state index is -3.57. The number of nitrogens with one attached hydrogen (secondary N) is 1. The van der Waals surface area contributed by atoms with Crippen LogP contribution in [0.2, 0.25) is 0 Å². The lowest BCUT2D eigenvalue weighted by atomic mass is 10.1. The summed E-state index contributed by atoms with van der Waals surface area (Å²) in [6.45, 7) is 1.60. The van der Waals surface area contributed by atoms with E-state index in [4.69, 9.17) is 5.11 Å². The van der Waals surface area contributed by atoms with Gasteiger partial charge >= 0.3 is 5.97 Å². The Labute approximate surface area is 111 Å². The molecule has 1 aromatic carbocycles. The van der Waals surface area contributed by atoms with Crippen LogP contribution >= 0.6 is 0 Å². The van der Waals surface area contributed by atoms with Crippen molar-refractivity contribution in [1.82, 2.24) is 4.72 Å². The number of sulfonamides is 1. The van der Waals surface area contributed by atoms with E-state index in [-0.39, 0.29) is 18.6 Å². The summed E-state index contributed by atoms with van der Waals surface area (Å²) in [6.07, 6.45) is -0.157. The Morgan fingerprint density at radius 3 is 2.74 bits per heavy atom. The fourth-order valence-electron chi connectivity index (χ4n) is 1.59. The average Bonchev–Trinajstić information content (AvgIpc) is 2.27. The Balaban J connectivity index is 2.60. The zero-order valence-electron chi connectivity index (χ0n) is 10.5. The third-order valence-corrected chi connectivity index (χ3v) is 4.05. The van der Waals surface area contributed by atoms with Gasteiger partial charge in [-0.15, -0.1) is 0 Å². The lowest BCUT2D eigenvalue weighted by Gasteiger charge is -2.14. The molecular formula is C12H16FNO4S. The zero-order valence-corrected chi connectivity index (χ0v) is 11.3. The van der Waals surface area contributed by atoms with Crippen LogP contribution in [-0.4, -0.2) is 25.2 Å². The van der Waals surface area contributed by atoms with Gasteiger partial charge in [-0.05, 0) is 31.0 Å². The summed E-state index contributed by atoms with van der Waals surface area (Å²) in [5.41, 5.74) is 0.516. The van der Waals surface area contributed by atoms with Crippen molar-refractivity contribution in [2.45, 2.75) is 25.8 Å². The largest absolute Gasteiger partial charge is 0.481 e. The molecule has 0 aliphatic carbocycles. The number of halogens is 1. The molecule has 0 spiro atoms. The Hall–Kier alpha value is -1.47. The molecule has 0 unspecified atom stereocenters. The van der Waals surface area contributed by atoms with Gasteiger partial charge in [-0.1, -0.05) is 12.1 Å². The highest BCUT2D eigenvalue weighted by Gasteiger charge is 2.16. The summed E-state index contributed by atoms with van der Waals surface area (Å²) in [6, 6.07) is 5.08. The molecule has 0 aliphatic heterocycles. The Bertz CT molecular complexity index is 544. The summed E-state index contributed by atoms with van der Waals surface area (Å²) < 4.78 is 38.8. The van der Waals surface area contributed by atoms with Gasteiger partial charge in [0.05, 0.1) is 5.75 Å². The lowest BCUT2D eigenvalue weighted by Crippen LogP contribution is -2.29. The van der Waals surface area contributed by atoms with Crippen molar-refractivity contribution in [3.05, 3.63) is 35.6 Å². The summed E-state index contributed by atoms with van der Waals surface area (Å²) in [5, 5.41) is 8.44. The van der Waals surface area contributed by atoms with E-state index in [0.29, 0.717) is 5.56 Å². The number of rotatable bonds is 7. The first kappa shape index (κ1) is 15.6. The van der Waals surface area contributed by atoms with E-state index in [2.05, 4.69) is 4.72 Å². The van der Waals surface area contributed by atoms with Crippen molar-refractivity contribution in [3.63, 3.8) is 0 Å². The molecule has 0 radical (unpaired) electrons. The van der Waals surface area contributed by atoms with Crippen LogP contribution < -0.4 is 4.72 Å². The van der Waals surface area contributed by atoms with E-state index in [1.165, 1.54) is 18.2 Å². The van der Waals surface area contributed by atoms with Gasteiger partial charge in [0, 0.05) is 12.5 Å². The number of hydrogen-bond donors (Lipinski definition) is 2. The van der Waals surface area contributed by atoms with Crippen LogP contribution in [0.3, 0.4) is 0 Å². The maximum absolute atomic E-state index is 13.0. The molecular weight excluding hydrogens is 273 g/mol. The molecule has 5 nitrogen and oxygen atoms in total. The van der Waals surface area contributed by atoms with E-state index in [0.717, 1.165) is 0 Å². The molecule has 19 heavy (non-hydrogen) atoms. The highest BCUT2D eigenvalue weighted by molar-refractivity contribution is 7.89. The van der Waals surface area contributed by atoms with Crippen LogP contribution in [0, 0.1) is 5.82 Å². The van der Waals surface area contributed by atoms with Gasteiger partial charge in [0.1, 0.15) is 5.82 Å². The molecule has 1 aromatic rings. The van der Waals surface area contributed by atoms with E-state index < -0.39 is 27.9 Å². The first-order valence-corrected chi connectivity index (χ1v) is 7.42. The molecule has 1 rings (SSSR count). The number of carboxylic acid groups (broad SMARTS) is 1. The molecule has 7 heteroatoms. The van der Waals surface area contributed by atoms with Crippen molar-refractivity contribution >= 4 is 16.0 Å². The number of benzene rings is 1. The zero-order chi connectivity index (χ0) is 14.5. The molecule has 2 N–H and O–H groups in total. The second-order valence-corrected chi connectivity index (χ2v) is 6.08. The minimum absolute atomic E-state index is 0.0422. The van der Waals surface area contributed by atoms with Gasteiger partial charge in [-0.2, -0.15) is 0 Å². The van der Waals surface area contributed by atoms with Crippen molar-refractivity contribution in [1.29, 1.82) is 0 Å². The highest BCUT2D eigenvalue weighted by atomic mass is 32.2. The second kappa shape index (κ2) is 6.63. The van der Waals surface area contributed by atoms with Gasteiger partial charge in [-0.25, -0.2) is 17.5 Å². The summed E-state index contributed by atoms with van der Waals surface area (Å²) in [5.74, 6) is -1.73. The monoisotopic (exact) mass is 289 g/mol. The van der Waals surface area contributed by atoms with Gasteiger partial charge in [0.25, 0.3) is 0 Å². The fraction of sp³-hybridized carbons (Fsp3) is 0.417. The standard InChI is InChI=1S/C12H16FNO4S/c1-9(10-4-2-5-11(13)8-10)14-19(17,18)7-3-6-12(15)16/h2,4-5,8-9,14H,3,6-7H2,1H3,(H,15,16)/t9-/m1/s1. The number of hydrogen-bond acceptors (Lipinski definition) is 3. The van der Waals surface area contributed by atoms with Crippen molar-refractivity contribution in [2.75, 3.05) is 5.75 Å². The van der Waals surface area contributed by atoms with Crippen LogP contribution in [0.4, 0.5) is 4.39 Å². The SMILES string of the molecule is C[C@@H](NS(=O)(=O)CCCC(=O)O)c1cccc(F)c1. The Morgan fingerprint density at radius 2 is 2.16 bits per heavy atom. The van der Waals surface area contributed by atoms with Gasteiger partial charge in [0.2, 0.25) is 10.0 Å². The Morgan fingerprint density at radius 1 is 1.47 bits per heavy atom. The summed E-state index contributed by atoms with van der Waals surface area (Å²) in [7, 11) is -3.57. The van der Waals surface area contributed by atoms with Crippen LogP contribution in [0.15, 0.2) is 24.3 Å². The molecule has 0 aliphatic rings. The number of aliphatic carboxylic acids is 1. The third kappa shape index (κ3) is 5.80. The highest BCUT2D eigenvalue weighted by Crippen LogP contribution is 2.14. The topological polar surface area (TPSA) is 83.5 Å². The van der Waals surface area contributed by atoms with Crippen molar-refractivity contribution in [2.24, 2.45) is 0 Å². The molecule has 0 saturated carbocycles. The normalized spacial score (nSPS) is 13.2. The fourth-order valence-corrected chi connectivity index (χ4v) is 2.90. The predicted octanol–water partition coefficient (Wildman–Crippen LogP) is 1.67. The maximum atomic E-state index is 13.0. The van der Waals surface area contributed by atoms with E-state index in [1.807, 2.05) is 0 Å². The molecule has 0 heterocycles. The molecule has 106 valence electrons. The maximum Gasteiger partial charge on any atom is 0.303 e. The van der Waals surface area contributed by atoms with E-state index >= 15 is 0 Å². The Kier molecular flexibility index (Phi) is 5.44. The summed E-state index contributed by atoms with van der Waals surface area (Å²) >= 11 is 0. The summed E-state index contributed by atoms with van der Waals surface area (Å²) in [4.78, 5) is 10.3. The molecule has 0 aromatic heterocycles. The first-order valence-electron chi connectivity index (χ1n) is 5.77. The smallest absolute Gasteiger partial charge is 0.303 e. The quantitative estimate of drug-likeness (QED) is 0.799. The van der Waals surface area contributed by atoms with Crippen molar-refractivity contribution < 1.29 is 22.7 Å². The minimum Gasteiger partial charge on any atom is -0.481 e. The number of carbonyl (C=O) groups is 1. The first-order chi connectivity index (χ1) is 8.80. The third-order valence-electron chi connectivity index (χ3n) is 2.51. The molecule has 0 fully saturated rings. The lowest BCUT2D eigenvalue weighted by molar-refractivity contribution is -0.137. The van der Waals surface area contributed by atoms with E-state index in [9.17, 15) is 17.6 Å². The van der Waals surface area contributed by atoms with Crippen LogP contribution in [0.1, 0.15) is 31.4 Å². The van der Waals surface area contributed by atoms with Gasteiger partial charge in [-0.3, -0.25) is 4.79 Å². The van der Waals surface area contributed by atoms with Crippen LogP contribution in [0.5, 0.6) is 0 Å². The van der Waals surface area contributed by atoms with E-state index in [1.54, 1.807) is 13.0 Å². The van der Waals surface area contributed by atoms with Gasteiger partial charge < -0.3 is 5.11 Å². The number of carboxylic acids is 1. The molecule has 0 saturated heterocycles. The molecule has 0 bridgehead atoms. The predicted molar refractivity (Wildman–Crippen MR) is 68.6 cm³/mol. The van der Waals surface area contributed by atoms with Crippen LogP contribution in [-0.2, 0) is 14.8 Å². The van der Waals surface area contributed by atoms with Gasteiger partial charge in [0.15, 0.2) is 0 Å². The second-order valence-electron chi connectivity index (χ2n) is 4.21. The average molecular weight is 289 g/mol. The van der Waals surface area contributed by atoms with Crippen LogP contribution in [0.25, 0.3) is 0 Å².